The first-order valence-corrected chi connectivity index (χ1v) is 9.14. The maximum atomic E-state index is 12.5. The van der Waals surface area contributed by atoms with Gasteiger partial charge in [0, 0.05) is 32.1 Å². The number of nitrogens with one attached hydrogen (secondary N) is 1. The number of hydrogen-bond acceptors (Lipinski definition) is 4. The molecule has 3 rings (SSSR count). The fraction of sp³-hybridized carbons (Fsp3) is 0.882. The van der Waals surface area contributed by atoms with E-state index < -0.39 is 0 Å². The molecule has 2 aliphatic heterocycles. The number of carbonyl (C=O) groups is 2. The molecule has 130 valence electrons. The molecule has 6 nitrogen and oxygen atoms in total. The van der Waals surface area contributed by atoms with Crippen LogP contribution in [0.1, 0.15) is 44.9 Å². The lowest BCUT2D eigenvalue weighted by Crippen LogP contribution is -2.49. The third kappa shape index (κ3) is 4.23. The number of morpholine rings is 1. The van der Waals surface area contributed by atoms with Crippen LogP contribution in [0.5, 0.6) is 0 Å². The molecule has 0 radical (unpaired) electrons. The summed E-state index contributed by atoms with van der Waals surface area (Å²) in [6.45, 7) is 5.29. The van der Waals surface area contributed by atoms with E-state index in [0.717, 1.165) is 52.1 Å². The smallest absolute Gasteiger partial charge is 0.242 e. The summed E-state index contributed by atoms with van der Waals surface area (Å²) in [6, 6.07) is 0.0723. The third-order valence-corrected chi connectivity index (χ3v) is 5.33. The van der Waals surface area contributed by atoms with Gasteiger partial charge in [0.05, 0.1) is 13.2 Å². The van der Waals surface area contributed by atoms with Crippen molar-refractivity contribution in [3.05, 3.63) is 0 Å². The monoisotopic (exact) mass is 323 g/mol. The molecule has 0 aromatic heterocycles. The van der Waals surface area contributed by atoms with Crippen molar-refractivity contribution >= 4 is 11.8 Å². The van der Waals surface area contributed by atoms with Gasteiger partial charge in [0.25, 0.3) is 0 Å². The molecule has 6 heteroatoms. The SMILES string of the molecule is O=C(NCCCN1CCOCC1)C1CCC(=O)N1C1CCCC1. The fourth-order valence-corrected chi connectivity index (χ4v) is 4.06. The van der Waals surface area contributed by atoms with Crippen LogP contribution in [0, 0.1) is 0 Å². The van der Waals surface area contributed by atoms with Gasteiger partial charge < -0.3 is 15.0 Å². The Kier molecular flexibility index (Phi) is 5.89. The lowest BCUT2D eigenvalue weighted by Gasteiger charge is -2.30. The Labute approximate surface area is 138 Å². The first kappa shape index (κ1) is 16.7. The van der Waals surface area contributed by atoms with Gasteiger partial charge in [-0.2, -0.15) is 0 Å². The molecule has 1 atom stereocenters. The Morgan fingerprint density at radius 3 is 2.65 bits per heavy atom. The summed E-state index contributed by atoms with van der Waals surface area (Å²) in [5.41, 5.74) is 0. The lowest BCUT2D eigenvalue weighted by molar-refractivity contribution is -0.137. The molecule has 0 aromatic rings. The van der Waals surface area contributed by atoms with Crippen LogP contribution in [-0.4, -0.2) is 73.1 Å². The summed E-state index contributed by atoms with van der Waals surface area (Å²) in [5, 5.41) is 3.05. The van der Waals surface area contributed by atoms with Crippen molar-refractivity contribution in [3.8, 4) is 0 Å². The molecule has 1 unspecified atom stereocenters. The highest BCUT2D eigenvalue weighted by Gasteiger charge is 2.40. The van der Waals surface area contributed by atoms with Crippen molar-refractivity contribution < 1.29 is 14.3 Å². The van der Waals surface area contributed by atoms with E-state index in [4.69, 9.17) is 4.74 Å². The van der Waals surface area contributed by atoms with Crippen LogP contribution in [-0.2, 0) is 14.3 Å². The van der Waals surface area contributed by atoms with Gasteiger partial charge in [-0.05, 0) is 32.2 Å². The standard InChI is InChI=1S/C17H29N3O3/c21-16-7-6-15(20(16)14-4-1-2-5-14)17(22)18-8-3-9-19-10-12-23-13-11-19/h14-15H,1-13H2,(H,18,22). The van der Waals surface area contributed by atoms with E-state index in [1.807, 2.05) is 4.90 Å². The topological polar surface area (TPSA) is 61.9 Å². The zero-order valence-corrected chi connectivity index (χ0v) is 14.0. The van der Waals surface area contributed by atoms with E-state index in [-0.39, 0.29) is 17.9 Å². The summed E-state index contributed by atoms with van der Waals surface area (Å²) in [4.78, 5) is 28.9. The van der Waals surface area contributed by atoms with E-state index in [9.17, 15) is 9.59 Å². The van der Waals surface area contributed by atoms with Gasteiger partial charge in [-0.3, -0.25) is 14.5 Å². The van der Waals surface area contributed by atoms with Crippen molar-refractivity contribution in [2.75, 3.05) is 39.4 Å². The Bertz CT molecular complexity index is 417. The predicted octanol–water partition coefficient (Wildman–Crippen LogP) is 0.759. The Morgan fingerprint density at radius 1 is 1.17 bits per heavy atom. The van der Waals surface area contributed by atoms with Crippen molar-refractivity contribution in [3.63, 3.8) is 0 Å². The first-order valence-electron chi connectivity index (χ1n) is 9.14. The fourth-order valence-electron chi connectivity index (χ4n) is 4.06. The Hall–Kier alpha value is -1.14. The van der Waals surface area contributed by atoms with E-state index in [0.29, 0.717) is 25.4 Å². The molecule has 1 N–H and O–H groups in total. The van der Waals surface area contributed by atoms with Crippen LogP contribution in [0.3, 0.4) is 0 Å². The van der Waals surface area contributed by atoms with E-state index >= 15 is 0 Å². The van der Waals surface area contributed by atoms with Crippen molar-refractivity contribution in [2.45, 2.75) is 57.0 Å². The molecule has 2 saturated heterocycles. The van der Waals surface area contributed by atoms with Gasteiger partial charge >= 0.3 is 0 Å². The number of carbonyl (C=O) groups excluding carboxylic acids is 2. The summed E-state index contributed by atoms with van der Waals surface area (Å²) >= 11 is 0. The highest BCUT2D eigenvalue weighted by Crippen LogP contribution is 2.30. The van der Waals surface area contributed by atoms with Crippen molar-refractivity contribution in [2.24, 2.45) is 0 Å². The minimum atomic E-state index is -0.228. The Morgan fingerprint density at radius 2 is 1.91 bits per heavy atom. The van der Waals surface area contributed by atoms with Gasteiger partial charge in [0.1, 0.15) is 6.04 Å². The molecule has 3 aliphatic rings. The number of rotatable bonds is 6. The normalized spacial score (nSPS) is 26.9. The van der Waals surface area contributed by atoms with Crippen LogP contribution >= 0.6 is 0 Å². The lowest BCUT2D eigenvalue weighted by atomic mass is 10.1. The molecule has 23 heavy (non-hydrogen) atoms. The maximum absolute atomic E-state index is 12.5. The quantitative estimate of drug-likeness (QED) is 0.733. The van der Waals surface area contributed by atoms with Crippen LogP contribution in [0.15, 0.2) is 0 Å². The zero-order valence-electron chi connectivity index (χ0n) is 14.0. The molecule has 0 bridgehead atoms. The van der Waals surface area contributed by atoms with Crippen molar-refractivity contribution in [1.82, 2.24) is 15.1 Å². The molecule has 0 spiro atoms. The second-order valence-electron chi connectivity index (χ2n) is 6.89. The second kappa shape index (κ2) is 8.11. The zero-order chi connectivity index (χ0) is 16.1. The average molecular weight is 323 g/mol. The number of hydrogen-bond donors (Lipinski definition) is 1. The molecule has 3 fully saturated rings. The molecule has 0 aromatic carbocycles. The summed E-state index contributed by atoms with van der Waals surface area (Å²) in [5.74, 6) is 0.218. The average Bonchev–Trinajstić information content (AvgIpc) is 3.21. The number of likely N-dealkylation sites (tertiary alicyclic amines) is 1. The van der Waals surface area contributed by atoms with Crippen molar-refractivity contribution in [1.29, 1.82) is 0 Å². The number of amides is 2. The summed E-state index contributed by atoms with van der Waals surface area (Å²) in [6.07, 6.45) is 6.66. The highest BCUT2D eigenvalue weighted by atomic mass is 16.5. The van der Waals surface area contributed by atoms with Crippen LogP contribution in [0.2, 0.25) is 0 Å². The number of nitrogens with zero attached hydrogens (tertiary/aromatic N) is 2. The van der Waals surface area contributed by atoms with E-state index in [1.165, 1.54) is 12.8 Å². The second-order valence-corrected chi connectivity index (χ2v) is 6.89. The molecule has 1 aliphatic carbocycles. The van der Waals surface area contributed by atoms with E-state index in [1.54, 1.807) is 0 Å². The Balaban J connectivity index is 1.41. The van der Waals surface area contributed by atoms with Crippen LogP contribution in [0.25, 0.3) is 0 Å². The van der Waals surface area contributed by atoms with Crippen LogP contribution < -0.4 is 5.32 Å². The first-order chi connectivity index (χ1) is 11.3. The summed E-state index contributed by atoms with van der Waals surface area (Å²) in [7, 11) is 0. The molecular weight excluding hydrogens is 294 g/mol. The van der Waals surface area contributed by atoms with Gasteiger partial charge in [0.2, 0.25) is 11.8 Å². The van der Waals surface area contributed by atoms with Gasteiger partial charge in [-0.1, -0.05) is 12.8 Å². The van der Waals surface area contributed by atoms with Gasteiger partial charge in [-0.15, -0.1) is 0 Å². The minimum Gasteiger partial charge on any atom is -0.379 e. The largest absolute Gasteiger partial charge is 0.379 e. The number of ether oxygens (including phenoxy) is 1. The molecule has 2 amide bonds. The molecule has 1 saturated carbocycles. The minimum absolute atomic E-state index is 0.0460. The molecule has 2 heterocycles. The molecular formula is C17H29N3O3. The maximum Gasteiger partial charge on any atom is 0.242 e. The van der Waals surface area contributed by atoms with Crippen LogP contribution in [0.4, 0.5) is 0 Å². The predicted molar refractivity (Wildman–Crippen MR) is 87.0 cm³/mol. The highest BCUT2D eigenvalue weighted by molar-refractivity contribution is 5.91. The van der Waals surface area contributed by atoms with Gasteiger partial charge in [-0.25, -0.2) is 0 Å². The summed E-state index contributed by atoms with van der Waals surface area (Å²) < 4.78 is 5.33. The third-order valence-electron chi connectivity index (χ3n) is 5.33. The van der Waals surface area contributed by atoms with Gasteiger partial charge in [0.15, 0.2) is 0 Å². The van der Waals surface area contributed by atoms with E-state index in [2.05, 4.69) is 10.2 Å².